The van der Waals surface area contributed by atoms with Gasteiger partial charge >= 0.3 is 0 Å². The minimum atomic E-state index is 0.150. The average molecular weight is 333 g/mol. The Bertz CT molecular complexity index is 603. The number of ether oxygens (including phenoxy) is 1. The molecule has 0 fully saturated rings. The van der Waals surface area contributed by atoms with E-state index in [9.17, 15) is 0 Å². The fourth-order valence-corrected chi connectivity index (χ4v) is 3.19. The van der Waals surface area contributed by atoms with Crippen molar-refractivity contribution in [2.45, 2.75) is 18.4 Å². The number of hydrogen-bond acceptors (Lipinski definition) is 3. The Morgan fingerprint density at radius 3 is 2.75 bits per heavy atom. The van der Waals surface area contributed by atoms with Crippen LogP contribution in [0.25, 0.3) is 0 Å². The molecule has 2 atom stereocenters. The third-order valence-electron chi connectivity index (χ3n) is 3.83. The zero-order valence-electron chi connectivity index (χ0n) is 11.1. The minimum absolute atomic E-state index is 0.150. The van der Waals surface area contributed by atoms with E-state index in [-0.39, 0.29) is 12.0 Å². The minimum Gasteiger partial charge on any atom is -0.493 e. The van der Waals surface area contributed by atoms with Gasteiger partial charge in [-0.15, -0.1) is 0 Å². The lowest BCUT2D eigenvalue weighted by molar-refractivity contribution is 0.297. The zero-order chi connectivity index (χ0) is 13.9. The lowest BCUT2D eigenvalue weighted by Crippen LogP contribution is -2.42. The third-order valence-corrected chi connectivity index (χ3v) is 4.61. The molecule has 4 heteroatoms. The van der Waals surface area contributed by atoms with Crippen LogP contribution >= 0.6 is 15.9 Å². The van der Waals surface area contributed by atoms with Crippen LogP contribution in [-0.4, -0.2) is 12.6 Å². The van der Waals surface area contributed by atoms with E-state index < -0.39 is 0 Å². The normalized spacial score (nSPS) is 18.4. The fourth-order valence-electron chi connectivity index (χ4n) is 2.74. The number of benzene rings is 2. The molecule has 0 saturated heterocycles. The quantitative estimate of drug-likeness (QED) is 0.668. The van der Waals surface area contributed by atoms with Gasteiger partial charge in [0.2, 0.25) is 0 Å². The molecule has 20 heavy (non-hydrogen) atoms. The van der Waals surface area contributed by atoms with Crippen LogP contribution in [0.5, 0.6) is 5.75 Å². The molecule has 0 amide bonds. The van der Waals surface area contributed by atoms with E-state index in [1.54, 1.807) is 0 Å². The molecule has 0 radical (unpaired) electrons. The van der Waals surface area contributed by atoms with Crippen molar-refractivity contribution >= 4 is 15.9 Å². The number of fused-ring (bicyclic) bond motifs is 1. The van der Waals surface area contributed by atoms with E-state index in [4.69, 9.17) is 10.6 Å². The maximum Gasteiger partial charge on any atom is 0.122 e. The van der Waals surface area contributed by atoms with E-state index in [1.165, 1.54) is 11.1 Å². The van der Waals surface area contributed by atoms with Crippen molar-refractivity contribution in [3.8, 4) is 5.75 Å². The third kappa shape index (κ3) is 2.59. The number of para-hydroxylation sites is 1. The first kappa shape index (κ1) is 13.6. The summed E-state index contributed by atoms with van der Waals surface area (Å²) in [5.41, 5.74) is 5.45. The summed E-state index contributed by atoms with van der Waals surface area (Å²) in [5, 5.41) is 0. The number of halogens is 1. The molecule has 0 spiro atoms. The molecule has 2 aromatic carbocycles. The molecule has 104 valence electrons. The Morgan fingerprint density at radius 1 is 1.20 bits per heavy atom. The van der Waals surface area contributed by atoms with E-state index >= 15 is 0 Å². The maximum atomic E-state index is 5.79. The summed E-state index contributed by atoms with van der Waals surface area (Å²) in [6.07, 6.45) is 0.861. The predicted octanol–water partition coefficient (Wildman–Crippen LogP) is 3.00. The molecule has 1 heterocycles. The van der Waals surface area contributed by atoms with E-state index in [0.29, 0.717) is 6.61 Å². The highest BCUT2D eigenvalue weighted by Crippen LogP contribution is 2.36. The van der Waals surface area contributed by atoms with Gasteiger partial charge < -0.3 is 4.74 Å². The van der Waals surface area contributed by atoms with Gasteiger partial charge in [0.1, 0.15) is 5.75 Å². The number of hydrogen-bond donors (Lipinski definition) is 2. The second-order valence-corrected chi connectivity index (χ2v) is 5.88. The first-order valence-electron chi connectivity index (χ1n) is 6.71. The topological polar surface area (TPSA) is 47.3 Å². The Morgan fingerprint density at radius 2 is 1.95 bits per heavy atom. The smallest absolute Gasteiger partial charge is 0.122 e. The molecule has 2 unspecified atom stereocenters. The summed E-state index contributed by atoms with van der Waals surface area (Å²) in [4.78, 5) is 0. The predicted molar refractivity (Wildman–Crippen MR) is 83.6 cm³/mol. The maximum absolute atomic E-state index is 5.79. The zero-order valence-corrected chi connectivity index (χ0v) is 12.6. The van der Waals surface area contributed by atoms with Crippen LogP contribution in [0, 0.1) is 0 Å². The van der Waals surface area contributed by atoms with Crippen molar-refractivity contribution in [1.29, 1.82) is 0 Å². The van der Waals surface area contributed by atoms with E-state index in [0.717, 1.165) is 16.6 Å². The lowest BCUT2D eigenvalue weighted by Gasteiger charge is -2.22. The van der Waals surface area contributed by atoms with Crippen LogP contribution in [0.1, 0.15) is 17.0 Å². The highest BCUT2D eigenvalue weighted by atomic mass is 79.9. The summed E-state index contributed by atoms with van der Waals surface area (Å²) in [7, 11) is 0. The standard InChI is InChI=1S/C16H17BrN2O/c17-14-7-3-1-5-11(14)9-15(19-18)13-10-20-16-8-4-2-6-12(13)16/h1-8,13,15,19H,9-10,18H2. The molecule has 1 aliphatic heterocycles. The summed E-state index contributed by atoms with van der Waals surface area (Å²) >= 11 is 3.59. The first-order valence-corrected chi connectivity index (χ1v) is 7.50. The van der Waals surface area contributed by atoms with Crippen LogP contribution in [0.4, 0.5) is 0 Å². The highest BCUT2D eigenvalue weighted by molar-refractivity contribution is 9.10. The van der Waals surface area contributed by atoms with Crippen molar-refractivity contribution < 1.29 is 4.74 Å². The van der Waals surface area contributed by atoms with Crippen LogP contribution in [0.15, 0.2) is 53.0 Å². The molecule has 0 saturated carbocycles. The van der Waals surface area contributed by atoms with Crippen molar-refractivity contribution in [2.24, 2.45) is 5.84 Å². The average Bonchev–Trinajstić information content (AvgIpc) is 2.90. The Hall–Kier alpha value is -1.36. The molecule has 3 rings (SSSR count). The van der Waals surface area contributed by atoms with Crippen molar-refractivity contribution in [2.75, 3.05) is 6.61 Å². The lowest BCUT2D eigenvalue weighted by atomic mass is 9.89. The number of hydrazine groups is 1. The van der Waals surface area contributed by atoms with Gasteiger partial charge in [-0.05, 0) is 24.1 Å². The van der Waals surface area contributed by atoms with Crippen LogP contribution in [0.2, 0.25) is 0 Å². The van der Waals surface area contributed by atoms with Gasteiger partial charge in [0, 0.05) is 22.0 Å². The first-order chi connectivity index (χ1) is 9.79. The largest absolute Gasteiger partial charge is 0.493 e. The van der Waals surface area contributed by atoms with Crippen LogP contribution in [-0.2, 0) is 6.42 Å². The number of nitrogens with one attached hydrogen (secondary N) is 1. The van der Waals surface area contributed by atoms with Gasteiger partial charge in [0.25, 0.3) is 0 Å². The van der Waals surface area contributed by atoms with Gasteiger partial charge in [-0.25, -0.2) is 0 Å². The van der Waals surface area contributed by atoms with Crippen molar-refractivity contribution in [3.63, 3.8) is 0 Å². The monoisotopic (exact) mass is 332 g/mol. The molecule has 0 aromatic heterocycles. The molecule has 3 nitrogen and oxygen atoms in total. The van der Waals surface area contributed by atoms with E-state index in [1.807, 2.05) is 30.3 Å². The Kier molecular flexibility index (Phi) is 4.05. The fraction of sp³-hybridized carbons (Fsp3) is 0.250. The van der Waals surface area contributed by atoms with Crippen LogP contribution in [0.3, 0.4) is 0 Å². The molecule has 2 aromatic rings. The summed E-state index contributed by atoms with van der Waals surface area (Å²) in [5.74, 6) is 7.04. The molecule has 0 bridgehead atoms. The second kappa shape index (κ2) is 5.95. The number of rotatable bonds is 4. The SMILES string of the molecule is NNC(Cc1ccccc1Br)C1COc2ccccc21. The van der Waals surface area contributed by atoms with Gasteiger partial charge in [-0.3, -0.25) is 11.3 Å². The molecule has 0 aliphatic carbocycles. The molecular formula is C16H17BrN2O. The summed E-state index contributed by atoms with van der Waals surface area (Å²) in [6, 6.07) is 16.6. The second-order valence-electron chi connectivity index (χ2n) is 5.02. The highest BCUT2D eigenvalue weighted by Gasteiger charge is 2.30. The Balaban J connectivity index is 1.83. The van der Waals surface area contributed by atoms with Gasteiger partial charge in [0.05, 0.1) is 6.61 Å². The summed E-state index contributed by atoms with van der Waals surface area (Å²) in [6.45, 7) is 0.679. The number of nitrogens with two attached hydrogens (primary N) is 1. The molecule has 3 N–H and O–H groups in total. The van der Waals surface area contributed by atoms with Crippen LogP contribution < -0.4 is 16.0 Å². The van der Waals surface area contributed by atoms with Crippen molar-refractivity contribution in [1.82, 2.24) is 5.43 Å². The van der Waals surface area contributed by atoms with Crippen molar-refractivity contribution in [3.05, 3.63) is 64.1 Å². The van der Waals surface area contributed by atoms with Gasteiger partial charge in [0.15, 0.2) is 0 Å². The van der Waals surface area contributed by atoms with E-state index in [2.05, 4.69) is 39.6 Å². The van der Waals surface area contributed by atoms with Gasteiger partial charge in [-0.1, -0.05) is 52.3 Å². The van der Waals surface area contributed by atoms with Gasteiger partial charge in [-0.2, -0.15) is 0 Å². The Labute approximate surface area is 127 Å². The molecule has 1 aliphatic rings. The molecular weight excluding hydrogens is 316 g/mol. The summed E-state index contributed by atoms with van der Waals surface area (Å²) < 4.78 is 6.87.